The van der Waals surface area contributed by atoms with Gasteiger partial charge in [-0.25, -0.2) is 28.5 Å². The minimum atomic E-state index is -5.17. The van der Waals surface area contributed by atoms with E-state index in [1.54, 1.807) is 12.1 Å². The molecular formula is C34H26Cl4F3N5O9. The number of alkyl halides is 5. The SMILES string of the molecule is COc1cc2nc(CCn3c(=O)n4n(c3=O)C3CC5(Cl)C(=O)C(Cl)=C(Cl)C(=O)C5(Cl)C(c5cc(OC(F)(F)F)ccc5O)C3=CC4)c(=O)n(C)c2cc1OC. The molecule has 2 aliphatic carbocycles. The van der Waals surface area contributed by atoms with Crippen molar-refractivity contribution in [3.63, 3.8) is 0 Å². The van der Waals surface area contributed by atoms with Crippen molar-refractivity contribution < 1.29 is 42.1 Å². The molecule has 14 nitrogen and oxygen atoms in total. The van der Waals surface area contributed by atoms with E-state index in [9.17, 15) is 42.3 Å². The van der Waals surface area contributed by atoms with Gasteiger partial charge < -0.3 is 23.9 Å². The number of Topliss-reactive ketones (excluding diaryl/α,β-unsaturated/α-hetero) is 2. The van der Waals surface area contributed by atoms with Crippen molar-refractivity contribution in [2.24, 2.45) is 7.05 Å². The number of carbonyl (C=O) groups excluding carboxylic acids is 2. The van der Waals surface area contributed by atoms with E-state index in [0.717, 1.165) is 32.1 Å². The second-order valence-corrected chi connectivity index (χ2v) is 14.9. The Labute approximate surface area is 326 Å². The molecule has 1 N–H and O–H groups in total. The third-order valence-corrected chi connectivity index (χ3v) is 12.4. The molecule has 4 aromatic rings. The van der Waals surface area contributed by atoms with Crippen LogP contribution in [-0.4, -0.2) is 70.5 Å². The predicted octanol–water partition coefficient (Wildman–Crippen LogP) is 4.39. The zero-order valence-electron chi connectivity index (χ0n) is 28.5. The molecule has 290 valence electrons. The Hall–Kier alpha value is -4.71. The number of hydrogen-bond donors (Lipinski definition) is 1. The number of phenols is 1. The molecule has 2 aromatic heterocycles. The van der Waals surface area contributed by atoms with Crippen LogP contribution in [0.4, 0.5) is 13.2 Å². The number of aromatic nitrogens is 5. The minimum Gasteiger partial charge on any atom is -0.508 e. The van der Waals surface area contributed by atoms with E-state index in [0.29, 0.717) is 22.5 Å². The van der Waals surface area contributed by atoms with E-state index in [-0.39, 0.29) is 30.8 Å². The lowest BCUT2D eigenvalue weighted by Crippen LogP contribution is -2.67. The molecule has 21 heteroatoms. The van der Waals surface area contributed by atoms with Gasteiger partial charge in [-0.15, -0.1) is 36.4 Å². The number of carbonyl (C=O) groups is 2. The van der Waals surface area contributed by atoms with E-state index >= 15 is 0 Å². The van der Waals surface area contributed by atoms with Crippen LogP contribution in [0.15, 0.2) is 66.4 Å². The molecule has 0 amide bonds. The van der Waals surface area contributed by atoms with Gasteiger partial charge in [0.15, 0.2) is 23.1 Å². The quantitative estimate of drug-likeness (QED) is 0.208. The molecule has 4 atom stereocenters. The second-order valence-electron chi connectivity index (χ2n) is 12.9. The summed E-state index contributed by atoms with van der Waals surface area (Å²) in [6.45, 7) is -0.683. The molecule has 0 spiro atoms. The topological polar surface area (TPSA) is 166 Å². The van der Waals surface area contributed by atoms with Crippen LogP contribution in [0.5, 0.6) is 23.0 Å². The van der Waals surface area contributed by atoms with Crippen molar-refractivity contribution in [3.8, 4) is 23.0 Å². The average Bonchev–Trinajstić information content (AvgIpc) is 3.39. The number of ether oxygens (including phenoxy) is 3. The fourth-order valence-electron chi connectivity index (χ4n) is 7.61. The molecule has 7 rings (SSSR count). The molecule has 3 heterocycles. The molecule has 1 saturated carbocycles. The van der Waals surface area contributed by atoms with Crippen LogP contribution in [0.25, 0.3) is 11.0 Å². The fourth-order valence-corrected chi connectivity index (χ4v) is 9.12. The van der Waals surface area contributed by atoms with Crippen molar-refractivity contribution in [1.82, 2.24) is 23.5 Å². The summed E-state index contributed by atoms with van der Waals surface area (Å²) in [6, 6.07) is 4.21. The number of halogens is 7. The number of ketones is 2. The van der Waals surface area contributed by atoms with Gasteiger partial charge in [0.05, 0.1) is 37.8 Å². The lowest BCUT2D eigenvalue weighted by atomic mass is 9.59. The van der Waals surface area contributed by atoms with Crippen LogP contribution in [-0.2, 0) is 36.1 Å². The maximum atomic E-state index is 14.2. The van der Waals surface area contributed by atoms with Crippen LogP contribution in [0, 0.1) is 0 Å². The van der Waals surface area contributed by atoms with Crippen molar-refractivity contribution >= 4 is 69.0 Å². The average molecular weight is 847 g/mol. The number of aryl methyl sites for hydroxylation is 2. The Morgan fingerprint density at radius 1 is 0.964 bits per heavy atom. The second kappa shape index (κ2) is 13.2. The van der Waals surface area contributed by atoms with Crippen LogP contribution in [0.2, 0.25) is 0 Å². The summed E-state index contributed by atoms with van der Waals surface area (Å²) in [4.78, 5) is 68.6. The number of allylic oxidation sites excluding steroid dienone is 4. The van der Waals surface area contributed by atoms with Crippen molar-refractivity contribution in [3.05, 3.63) is 94.6 Å². The lowest BCUT2D eigenvalue weighted by Gasteiger charge is -2.54. The third kappa shape index (κ3) is 5.68. The molecule has 1 fully saturated rings. The first-order valence-electron chi connectivity index (χ1n) is 16.1. The monoisotopic (exact) mass is 845 g/mol. The highest BCUT2D eigenvalue weighted by atomic mass is 35.5. The summed E-state index contributed by atoms with van der Waals surface area (Å²) >= 11 is 26.5. The van der Waals surface area contributed by atoms with E-state index in [1.165, 1.54) is 31.9 Å². The van der Waals surface area contributed by atoms with Crippen LogP contribution in [0.3, 0.4) is 0 Å². The van der Waals surface area contributed by atoms with E-state index in [2.05, 4.69) is 9.72 Å². The standard InChI is InChI=1S/C34H26Cl4F3N5O9/c1-43-19-12-23(54-3)22(53-2)11-18(19)42-17(29(43)50)7-8-44-30(51)45-9-6-15-20(46(45)31(44)52)13-32(37)27(48)25(35)26(36)28(49)33(32,38)24(15)16-10-14(4-5-21(16)47)55-34(39,40)41/h4-6,10-12,20,24,47H,7-9,13H2,1-3H3. The Balaban J connectivity index is 1.35. The molecule has 1 aliphatic heterocycles. The van der Waals surface area contributed by atoms with Gasteiger partial charge in [-0.1, -0.05) is 29.3 Å². The number of phenolic OH excluding ortho intramolecular Hbond substituents is 1. The number of aromatic hydroxyl groups is 1. The molecule has 2 aromatic carbocycles. The molecule has 0 bridgehead atoms. The normalized spacial score (nSPS) is 23.6. The van der Waals surface area contributed by atoms with Crippen molar-refractivity contribution in [1.29, 1.82) is 0 Å². The van der Waals surface area contributed by atoms with Crippen LogP contribution >= 0.6 is 46.4 Å². The molecule has 3 aliphatic rings. The van der Waals surface area contributed by atoms with Gasteiger partial charge in [-0.05, 0) is 23.8 Å². The highest BCUT2D eigenvalue weighted by molar-refractivity contribution is 6.66. The van der Waals surface area contributed by atoms with Gasteiger partial charge in [0.1, 0.15) is 37.0 Å². The maximum absolute atomic E-state index is 14.2. The number of fused-ring (bicyclic) bond motifs is 5. The first kappa shape index (κ1) is 38.6. The van der Waals surface area contributed by atoms with Crippen LogP contribution < -0.4 is 31.1 Å². The zero-order chi connectivity index (χ0) is 40.1. The highest BCUT2D eigenvalue weighted by Crippen LogP contribution is 2.64. The summed E-state index contributed by atoms with van der Waals surface area (Å²) in [5.74, 6) is -4.84. The van der Waals surface area contributed by atoms with Gasteiger partial charge >= 0.3 is 17.7 Å². The van der Waals surface area contributed by atoms with Gasteiger partial charge in [0.25, 0.3) is 5.56 Å². The number of hydrogen-bond acceptors (Lipinski definition) is 10. The summed E-state index contributed by atoms with van der Waals surface area (Å²) in [5.41, 5.74) is -1.87. The molecular weight excluding hydrogens is 821 g/mol. The number of nitrogens with zero attached hydrogens (tertiary/aromatic N) is 5. The molecule has 4 unspecified atom stereocenters. The fraction of sp³-hybridized carbons (Fsp3) is 0.353. The third-order valence-electron chi connectivity index (χ3n) is 10.1. The zero-order valence-corrected chi connectivity index (χ0v) is 31.6. The smallest absolute Gasteiger partial charge is 0.508 e. The van der Waals surface area contributed by atoms with Gasteiger partial charge in [0, 0.05) is 50.0 Å². The van der Waals surface area contributed by atoms with Gasteiger partial charge in [-0.3, -0.25) is 14.4 Å². The summed E-state index contributed by atoms with van der Waals surface area (Å²) in [7, 11) is 4.38. The Kier molecular flexibility index (Phi) is 9.26. The Bertz CT molecular complexity index is 2610. The van der Waals surface area contributed by atoms with Crippen molar-refractivity contribution in [2.45, 2.75) is 54.0 Å². The number of rotatable bonds is 7. The first-order chi connectivity index (χ1) is 25.8. The number of methoxy groups -OCH3 is 2. The number of benzene rings is 2. The van der Waals surface area contributed by atoms with Crippen LogP contribution in [0.1, 0.15) is 29.6 Å². The Morgan fingerprint density at radius 3 is 2.27 bits per heavy atom. The highest BCUT2D eigenvalue weighted by Gasteiger charge is 2.72. The van der Waals surface area contributed by atoms with E-state index < -0.39 is 90.1 Å². The van der Waals surface area contributed by atoms with E-state index in [1.807, 2.05) is 0 Å². The first-order valence-corrected chi connectivity index (χ1v) is 17.6. The van der Waals surface area contributed by atoms with Gasteiger partial charge in [-0.2, -0.15) is 0 Å². The summed E-state index contributed by atoms with van der Waals surface area (Å²) < 4.78 is 58.8. The Morgan fingerprint density at radius 2 is 1.62 bits per heavy atom. The largest absolute Gasteiger partial charge is 0.573 e. The minimum absolute atomic E-state index is 0.00641. The predicted molar refractivity (Wildman–Crippen MR) is 192 cm³/mol. The molecule has 0 saturated heterocycles. The van der Waals surface area contributed by atoms with Crippen molar-refractivity contribution in [2.75, 3.05) is 14.2 Å². The molecule has 0 radical (unpaired) electrons. The summed E-state index contributed by atoms with van der Waals surface area (Å²) in [5, 5.41) is 9.49. The van der Waals surface area contributed by atoms with Gasteiger partial charge in [0.2, 0.25) is 0 Å². The summed E-state index contributed by atoms with van der Waals surface area (Å²) in [6.07, 6.45) is -4.60. The van der Waals surface area contributed by atoms with E-state index in [4.69, 9.17) is 55.9 Å². The lowest BCUT2D eigenvalue weighted by molar-refractivity contribution is -0.274. The maximum Gasteiger partial charge on any atom is 0.573 e. The molecule has 55 heavy (non-hydrogen) atoms.